The molecule has 2 saturated carbocycles. The van der Waals surface area contributed by atoms with Crippen molar-refractivity contribution in [3.8, 4) is 0 Å². The van der Waals surface area contributed by atoms with Gasteiger partial charge in [0.2, 0.25) is 5.91 Å². The maximum absolute atomic E-state index is 13.3. The second-order valence-electron chi connectivity index (χ2n) is 9.97. The van der Waals surface area contributed by atoms with Crippen molar-refractivity contribution in [3.63, 3.8) is 0 Å². The summed E-state index contributed by atoms with van der Waals surface area (Å²) in [5.41, 5.74) is 0.395. The zero-order chi connectivity index (χ0) is 20.0. The van der Waals surface area contributed by atoms with E-state index in [4.69, 9.17) is 4.52 Å². The smallest absolute Gasteiger partial charge is 0.273 e. The minimum absolute atomic E-state index is 0.120. The predicted molar refractivity (Wildman–Crippen MR) is 108 cm³/mol. The third kappa shape index (κ3) is 3.95. The van der Waals surface area contributed by atoms with E-state index in [1.54, 1.807) is 6.07 Å². The van der Waals surface area contributed by atoms with Gasteiger partial charge in [-0.15, -0.1) is 0 Å². The summed E-state index contributed by atoms with van der Waals surface area (Å²) in [4.78, 5) is 28.2. The number of piperidine rings is 2. The van der Waals surface area contributed by atoms with Crippen molar-refractivity contribution in [1.82, 2.24) is 15.4 Å². The molecule has 2 amide bonds. The highest BCUT2D eigenvalue weighted by molar-refractivity contribution is 5.92. The van der Waals surface area contributed by atoms with Gasteiger partial charge in [-0.1, -0.05) is 12.1 Å². The summed E-state index contributed by atoms with van der Waals surface area (Å²) in [6.45, 7) is 2.30. The first-order valence-electron chi connectivity index (χ1n) is 11.7. The second-order valence-corrected chi connectivity index (χ2v) is 9.97. The highest BCUT2D eigenvalue weighted by Crippen LogP contribution is 2.40. The fraction of sp³-hybridized carbons (Fsp3) is 0.783. The first-order valence-corrected chi connectivity index (χ1v) is 11.7. The SMILES string of the molecule is CC1CCC(C(=O)N2C3CCCC2CC(NC(=O)c2cc(C4CC4)on2)C3)CC1. The molecule has 2 aliphatic carbocycles. The highest BCUT2D eigenvalue weighted by Gasteiger charge is 2.43. The second kappa shape index (κ2) is 7.77. The Bertz CT molecular complexity index is 749. The molecule has 6 nitrogen and oxygen atoms in total. The minimum Gasteiger partial charge on any atom is -0.360 e. The van der Waals surface area contributed by atoms with Gasteiger partial charge >= 0.3 is 0 Å². The van der Waals surface area contributed by atoms with Gasteiger partial charge in [-0.2, -0.15) is 0 Å². The van der Waals surface area contributed by atoms with Gasteiger partial charge in [-0.3, -0.25) is 9.59 Å². The lowest BCUT2D eigenvalue weighted by atomic mass is 9.78. The Labute approximate surface area is 172 Å². The molecule has 2 unspecified atom stereocenters. The summed E-state index contributed by atoms with van der Waals surface area (Å²) in [7, 11) is 0. The average Bonchev–Trinajstić information content (AvgIpc) is 3.44. The molecule has 0 aromatic carbocycles. The van der Waals surface area contributed by atoms with Crippen LogP contribution in [0.15, 0.2) is 10.6 Å². The number of carbonyl (C=O) groups excluding carboxylic acids is 2. The number of fused-ring (bicyclic) bond motifs is 2. The number of hydrogen-bond donors (Lipinski definition) is 1. The van der Waals surface area contributed by atoms with Gasteiger partial charge in [0.25, 0.3) is 5.91 Å². The fourth-order valence-corrected chi connectivity index (χ4v) is 5.79. The molecule has 2 atom stereocenters. The monoisotopic (exact) mass is 399 g/mol. The molecule has 29 heavy (non-hydrogen) atoms. The van der Waals surface area contributed by atoms with Crippen LogP contribution in [-0.2, 0) is 4.79 Å². The molecule has 158 valence electrons. The predicted octanol–water partition coefficient (Wildman–Crippen LogP) is 4.02. The molecule has 6 heteroatoms. The Morgan fingerprint density at radius 1 is 1.03 bits per heavy atom. The Morgan fingerprint density at radius 2 is 1.72 bits per heavy atom. The normalized spacial score (nSPS) is 34.7. The third-order valence-corrected chi connectivity index (χ3v) is 7.67. The molecule has 3 heterocycles. The number of rotatable bonds is 4. The van der Waals surface area contributed by atoms with Gasteiger partial charge in [-0.25, -0.2) is 0 Å². The Balaban J connectivity index is 1.21. The van der Waals surface area contributed by atoms with Gasteiger partial charge < -0.3 is 14.7 Å². The van der Waals surface area contributed by atoms with E-state index in [9.17, 15) is 9.59 Å². The number of hydrogen-bond acceptors (Lipinski definition) is 4. The molecule has 0 spiro atoms. The Hall–Kier alpha value is -1.85. The largest absolute Gasteiger partial charge is 0.360 e. The van der Waals surface area contributed by atoms with E-state index < -0.39 is 0 Å². The van der Waals surface area contributed by atoms with Crippen LogP contribution in [0.25, 0.3) is 0 Å². The molecule has 5 rings (SSSR count). The van der Waals surface area contributed by atoms with E-state index in [1.807, 2.05) is 0 Å². The lowest BCUT2D eigenvalue weighted by Gasteiger charge is -2.50. The zero-order valence-corrected chi connectivity index (χ0v) is 17.4. The summed E-state index contributed by atoms with van der Waals surface area (Å²) in [5.74, 6) is 2.54. The Kier molecular flexibility index (Phi) is 5.12. The highest BCUT2D eigenvalue weighted by atomic mass is 16.5. The number of nitrogens with zero attached hydrogens (tertiary/aromatic N) is 2. The standard InChI is InChI=1S/C23H33N3O3/c1-14-5-7-16(8-6-14)23(28)26-18-3-2-4-19(26)12-17(11-18)24-22(27)20-13-21(29-25-20)15-9-10-15/h13-19H,2-12H2,1H3,(H,24,27). The molecule has 4 fully saturated rings. The van der Waals surface area contributed by atoms with Crippen molar-refractivity contribution in [2.24, 2.45) is 11.8 Å². The van der Waals surface area contributed by atoms with Crippen molar-refractivity contribution >= 4 is 11.8 Å². The first kappa shape index (κ1) is 19.1. The summed E-state index contributed by atoms with van der Waals surface area (Å²) in [6, 6.07) is 2.48. The number of nitrogens with one attached hydrogen (secondary N) is 1. The van der Waals surface area contributed by atoms with Crippen LogP contribution in [0.4, 0.5) is 0 Å². The summed E-state index contributed by atoms with van der Waals surface area (Å²) >= 11 is 0. The topological polar surface area (TPSA) is 75.4 Å². The molecule has 2 aliphatic heterocycles. The van der Waals surface area contributed by atoms with Crippen LogP contribution in [0, 0.1) is 11.8 Å². The van der Waals surface area contributed by atoms with Gasteiger partial charge in [0.05, 0.1) is 0 Å². The van der Waals surface area contributed by atoms with Crippen molar-refractivity contribution < 1.29 is 14.1 Å². The molecular formula is C23H33N3O3. The number of aromatic nitrogens is 1. The van der Waals surface area contributed by atoms with Gasteiger partial charge in [0, 0.05) is 36.0 Å². The lowest BCUT2D eigenvalue weighted by Crippen LogP contribution is -2.60. The van der Waals surface area contributed by atoms with Crippen molar-refractivity contribution in [2.45, 2.75) is 102 Å². The average molecular weight is 400 g/mol. The van der Waals surface area contributed by atoms with Crippen molar-refractivity contribution in [1.29, 1.82) is 0 Å². The third-order valence-electron chi connectivity index (χ3n) is 7.67. The number of carbonyl (C=O) groups is 2. The number of amides is 2. The van der Waals surface area contributed by atoms with Crippen LogP contribution in [0.1, 0.15) is 99.7 Å². The summed E-state index contributed by atoms with van der Waals surface area (Å²) in [6.07, 6.45) is 11.8. The van der Waals surface area contributed by atoms with Crippen molar-refractivity contribution in [2.75, 3.05) is 0 Å². The van der Waals surface area contributed by atoms with Crippen LogP contribution < -0.4 is 5.32 Å². The zero-order valence-electron chi connectivity index (χ0n) is 17.4. The van der Waals surface area contributed by atoms with Gasteiger partial charge in [0.1, 0.15) is 5.76 Å². The minimum atomic E-state index is -0.134. The van der Waals surface area contributed by atoms with E-state index in [2.05, 4.69) is 22.3 Å². The Morgan fingerprint density at radius 3 is 2.38 bits per heavy atom. The van der Waals surface area contributed by atoms with Gasteiger partial charge in [-0.05, 0) is 76.5 Å². The quantitative estimate of drug-likeness (QED) is 0.830. The molecule has 2 bridgehead atoms. The van der Waals surface area contributed by atoms with Crippen LogP contribution in [0.5, 0.6) is 0 Å². The van der Waals surface area contributed by atoms with E-state index in [0.717, 1.165) is 63.0 Å². The van der Waals surface area contributed by atoms with Crippen LogP contribution in [0.3, 0.4) is 0 Å². The lowest BCUT2D eigenvalue weighted by molar-refractivity contribution is -0.147. The van der Waals surface area contributed by atoms with Crippen LogP contribution in [0.2, 0.25) is 0 Å². The van der Waals surface area contributed by atoms with Crippen LogP contribution in [-0.4, -0.2) is 40.0 Å². The van der Waals surface area contributed by atoms with Gasteiger partial charge in [0.15, 0.2) is 5.69 Å². The van der Waals surface area contributed by atoms with E-state index >= 15 is 0 Å². The molecule has 1 aromatic heterocycles. The van der Waals surface area contributed by atoms with E-state index in [-0.39, 0.29) is 30.0 Å². The van der Waals surface area contributed by atoms with E-state index in [1.165, 1.54) is 19.3 Å². The summed E-state index contributed by atoms with van der Waals surface area (Å²) in [5, 5.41) is 7.16. The van der Waals surface area contributed by atoms with Crippen molar-refractivity contribution in [3.05, 3.63) is 17.5 Å². The molecule has 2 saturated heterocycles. The maximum Gasteiger partial charge on any atom is 0.273 e. The maximum atomic E-state index is 13.3. The first-order chi connectivity index (χ1) is 14.1. The fourth-order valence-electron chi connectivity index (χ4n) is 5.79. The van der Waals surface area contributed by atoms with Crippen LogP contribution >= 0.6 is 0 Å². The molecule has 1 aromatic rings. The molecular weight excluding hydrogens is 366 g/mol. The van der Waals surface area contributed by atoms with E-state index in [0.29, 0.717) is 17.5 Å². The molecule has 0 radical (unpaired) electrons. The molecule has 4 aliphatic rings. The molecule has 1 N–H and O–H groups in total. The summed E-state index contributed by atoms with van der Waals surface area (Å²) < 4.78 is 5.33.